The van der Waals surface area contributed by atoms with Crippen LogP contribution in [0.4, 0.5) is 5.69 Å². The highest BCUT2D eigenvalue weighted by molar-refractivity contribution is 5.98. The molecule has 1 aliphatic rings. The Morgan fingerprint density at radius 1 is 0.800 bits per heavy atom. The van der Waals surface area contributed by atoms with Crippen LogP contribution >= 0.6 is 0 Å². The monoisotopic (exact) mass is 678 g/mol. The minimum absolute atomic E-state index is 0.0122. The zero-order chi connectivity index (χ0) is 35.3. The summed E-state index contributed by atoms with van der Waals surface area (Å²) in [6.07, 6.45) is 6.79. The van der Waals surface area contributed by atoms with E-state index < -0.39 is 23.9 Å². The van der Waals surface area contributed by atoms with Crippen molar-refractivity contribution in [2.45, 2.75) is 64.3 Å². The molecule has 4 aromatic rings. The van der Waals surface area contributed by atoms with Crippen LogP contribution in [-0.4, -0.2) is 48.1 Å². The minimum atomic E-state index is -1.20. The molecule has 1 unspecified atom stereocenters. The standard InChI is InChI=1S/C40H42N2O8/c1-2-3-4-5-6-22-48-33-18-12-30(13-19-33)40(47)50-34-16-7-27(8-17-34)25-35(39(45)46)42-38(44)29-10-14-32(15-11-29)41-37(43)26-28-9-20-36-31(24-28)21-23-49-36/h7-20,24,35H,2-6,21-23,25-26H2,1H3,(H,41,43)(H,42,44)(H,45,46). The number of esters is 1. The first kappa shape index (κ1) is 35.7. The van der Waals surface area contributed by atoms with Crippen molar-refractivity contribution in [1.82, 2.24) is 5.32 Å². The summed E-state index contributed by atoms with van der Waals surface area (Å²) < 4.78 is 16.8. The van der Waals surface area contributed by atoms with Gasteiger partial charge in [0.2, 0.25) is 5.91 Å². The highest BCUT2D eigenvalue weighted by Gasteiger charge is 2.22. The summed E-state index contributed by atoms with van der Waals surface area (Å²) in [6.45, 7) is 3.46. The molecule has 260 valence electrons. The summed E-state index contributed by atoms with van der Waals surface area (Å²) in [5.41, 5.74) is 3.74. The number of rotatable bonds is 17. The molecule has 10 heteroatoms. The van der Waals surface area contributed by atoms with E-state index in [0.717, 1.165) is 36.1 Å². The van der Waals surface area contributed by atoms with E-state index in [4.69, 9.17) is 14.2 Å². The average Bonchev–Trinajstić information content (AvgIpc) is 3.59. The van der Waals surface area contributed by atoms with E-state index in [1.807, 2.05) is 18.2 Å². The number of aliphatic carboxylic acids is 1. The van der Waals surface area contributed by atoms with Gasteiger partial charge in [-0.15, -0.1) is 0 Å². The summed E-state index contributed by atoms with van der Waals surface area (Å²) in [4.78, 5) is 50.2. The van der Waals surface area contributed by atoms with Gasteiger partial charge in [0.25, 0.3) is 5.91 Å². The van der Waals surface area contributed by atoms with Gasteiger partial charge in [-0.3, -0.25) is 9.59 Å². The number of carbonyl (C=O) groups is 4. The third-order valence-electron chi connectivity index (χ3n) is 8.33. The van der Waals surface area contributed by atoms with Crippen molar-refractivity contribution < 1.29 is 38.5 Å². The van der Waals surface area contributed by atoms with Gasteiger partial charge < -0.3 is 30.0 Å². The van der Waals surface area contributed by atoms with Crippen molar-refractivity contribution in [3.63, 3.8) is 0 Å². The molecule has 0 aromatic heterocycles. The number of hydrogen-bond donors (Lipinski definition) is 3. The van der Waals surface area contributed by atoms with Crippen molar-refractivity contribution >= 4 is 29.4 Å². The van der Waals surface area contributed by atoms with E-state index in [9.17, 15) is 24.3 Å². The lowest BCUT2D eigenvalue weighted by molar-refractivity contribution is -0.139. The second-order valence-corrected chi connectivity index (χ2v) is 12.2. The van der Waals surface area contributed by atoms with Crippen LogP contribution in [0.5, 0.6) is 17.2 Å². The Morgan fingerprint density at radius 3 is 2.20 bits per heavy atom. The molecular weight excluding hydrogens is 636 g/mol. The summed E-state index contributed by atoms with van der Waals surface area (Å²) in [5, 5.41) is 15.2. The zero-order valence-electron chi connectivity index (χ0n) is 28.1. The Balaban J connectivity index is 1.07. The van der Waals surface area contributed by atoms with Gasteiger partial charge in [0.15, 0.2) is 0 Å². The van der Waals surface area contributed by atoms with Crippen molar-refractivity contribution in [3.8, 4) is 17.2 Å². The number of fused-ring (bicyclic) bond motifs is 1. The average molecular weight is 679 g/mol. The van der Waals surface area contributed by atoms with Gasteiger partial charge in [0, 0.05) is 24.1 Å². The second-order valence-electron chi connectivity index (χ2n) is 12.2. The van der Waals surface area contributed by atoms with Crippen LogP contribution in [0.1, 0.15) is 76.4 Å². The van der Waals surface area contributed by atoms with E-state index in [1.165, 1.54) is 31.4 Å². The van der Waals surface area contributed by atoms with Crippen LogP contribution in [0.25, 0.3) is 0 Å². The molecule has 0 aliphatic carbocycles. The van der Waals surface area contributed by atoms with Crippen LogP contribution in [0.2, 0.25) is 0 Å². The van der Waals surface area contributed by atoms with Gasteiger partial charge in [-0.05, 0) is 89.8 Å². The number of unbranched alkanes of at least 4 members (excludes halogenated alkanes) is 4. The first-order chi connectivity index (χ1) is 24.3. The summed E-state index contributed by atoms with van der Waals surface area (Å²) in [7, 11) is 0. The maximum atomic E-state index is 12.9. The van der Waals surface area contributed by atoms with Crippen LogP contribution in [0, 0.1) is 0 Å². The van der Waals surface area contributed by atoms with E-state index in [1.54, 1.807) is 60.7 Å². The van der Waals surface area contributed by atoms with Crippen molar-refractivity contribution in [1.29, 1.82) is 0 Å². The summed E-state index contributed by atoms with van der Waals surface area (Å²) in [6, 6.07) is 24.0. The smallest absolute Gasteiger partial charge is 0.343 e. The first-order valence-electron chi connectivity index (χ1n) is 17.0. The third kappa shape index (κ3) is 10.4. The zero-order valence-corrected chi connectivity index (χ0v) is 28.1. The molecule has 10 nitrogen and oxygen atoms in total. The fourth-order valence-electron chi connectivity index (χ4n) is 5.57. The molecule has 0 spiro atoms. The molecule has 5 rings (SSSR count). The van der Waals surface area contributed by atoms with E-state index in [0.29, 0.717) is 41.5 Å². The van der Waals surface area contributed by atoms with Gasteiger partial charge in [-0.1, -0.05) is 56.9 Å². The van der Waals surface area contributed by atoms with Crippen LogP contribution in [0.3, 0.4) is 0 Å². The van der Waals surface area contributed by atoms with Crippen molar-refractivity contribution in [3.05, 3.63) is 119 Å². The molecule has 2 amide bonds. The fraction of sp³-hybridized carbons (Fsp3) is 0.300. The van der Waals surface area contributed by atoms with Gasteiger partial charge in [-0.25, -0.2) is 9.59 Å². The number of ether oxygens (including phenoxy) is 3. The number of amides is 2. The molecular formula is C40H42N2O8. The number of nitrogens with one attached hydrogen (secondary N) is 2. The topological polar surface area (TPSA) is 140 Å². The molecule has 0 bridgehead atoms. The molecule has 0 saturated carbocycles. The SMILES string of the molecule is CCCCCCCOc1ccc(C(=O)Oc2ccc(CC(NC(=O)c3ccc(NC(=O)Cc4ccc5c(c4)CCO5)cc3)C(=O)O)cc2)cc1. The molecule has 3 N–H and O–H groups in total. The predicted octanol–water partition coefficient (Wildman–Crippen LogP) is 6.80. The van der Waals surface area contributed by atoms with E-state index in [-0.39, 0.29) is 24.3 Å². The molecule has 1 heterocycles. The normalized spacial score (nSPS) is 12.3. The molecule has 0 fully saturated rings. The quantitative estimate of drug-likeness (QED) is 0.0630. The summed E-state index contributed by atoms with van der Waals surface area (Å²) in [5.74, 6) is -0.632. The Kier molecular flexibility index (Phi) is 12.6. The number of anilines is 1. The molecule has 1 atom stereocenters. The van der Waals surface area contributed by atoms with Gasteiger partial charge in [0.1, 0.15) is 23.3 Å². The fourth-order valence-corrected chi connectivity index (χ4v) is 5.57. The van der Waals surface area contributed by atoms with Crippen LogP contribution < -0.4 is 24.8 Å². The molecule has 0 radical (unpaired) electrons. The largest absolute Gasteiger partial charge is 0.494 e. The molecule has 1 aliphatic heterocycles. The third-order valence-corrected chi connectivity index (χ3v) is 8.33. The number of carbonyl (C=O) groups excluding carboxylic acids is 3. The number of carboxylic acids is 1. The summed E-state index contributed by atoms with van der Waals surface area (Å²) >= 11 is 0. The lowest BCUT2D eigenvalue weighted by atomic mass is 10.0. The van der Waals surface area contributed by atoms with Crippen LogP contribution in [-0.2, 0) is 28.9 Å². The lowest BCUT2D eigenvalue weighted by Gasteiger charge is -2.15. The maximum Gasteiger partial charge on any atom is 0.343 e. The van der Waals surface area contributed by atoms with Gasteiger partial charge in [-0.2, -0.15) is 0 Å². The Hall–Kier alpha value is -5.64. The van der Waals surface area contributed by atoms with Gasteiger partial charge >= 0.3 is 11.9 Å². The highest BCUT2D eigenvalue weighted by atomic mass is 16.5. The minimum Gasteiger partial charge on any atom is -0.494 e. The molecule has 0 saturated heterocycles. The van der Waals surface area contributed by atoms with Crippen molar-refractivity contribution in [2.75, 3.05) is 18.5 Å². The Morgan fingerprint density at radius 2 is 1.48 bits per heavy atom. The lowest BCUT2D eigenvalue weighted by Crippen LogP contribution is -2.42. The first-order valence-corrected chi connectivity index (χ1v) is 17.0. The second kappa shape index (κ2) is 17.7. The number of hydrogen-bond acceptors (Lipinski definition) is 7. The van der Waals surface area contributed by atoms with Crippen LogP contribution in [0.15, 0.2) is 91.0 Å². The predicted molar refractivity (Wildman–Crippen MR) is 189 cm³/mol. The van der Waals surface area contributed by atoms with E-state index in [2.05, 4.69) is 17.6 Å². The highest BCUT2D eigenvalue weighted by Crippen LogP contribution is 2.26. The van der Waals surface area contributed by atoms with E-state index >= 15 is 0 Å². The molecule has 50 heavy (non-hydrogen) atoms. The maximum absolute atomic E-state index is 12.9. The Bertz CT molecular complexity index is 1770. The molecule has 4 aromatic carbocycles. The van der Waals surface area contributed by atoms with Gasteiger partial charge in [0.05, 0.1) is 25.2 Å². The number of benzene rings is 4. The Labute approximate surface area is 291 Å². The number of carboxylic acid groups (broad SMARTS) is 1. The van der Waals surface area contributed by atoms with Crippen molar-refractivity contribution in [2.24, 2.45) is 0 Å².